The summed E-state index contributed by atoms with van der Waals surface area (Å²) in [7, 11) is 0. The number of nitrogens with zero attached hydrogens (tertiary/aromatic N) is 2. The number of oxazole rings is 1. The van der Waals surface area contributed by atoms with Crippen molar-refractivity contribution in [2.24, 2.45) is 0 Å². The summed E-state index contributed by atoms with van der Waals surface area (Å²) < 4.78 is 11.5. The van der Waals surface area contributed by atoms with E-state index in [0.717, 1.165) is 37.0 Å². The van der Waals surface area contributed by atoms with Gasteiger partial charge >= 0.3 is 5.97 Å². The molecule has 0 spiro atoms. The predicted octanol–water partition coefficient (Wildman–Crippen LogP) is 4.21. The molecule has 136 valence electrons. The summed E-state index contributed by atoms with van der Waals surface area (Å²) in [4.78, 5) is 17.6. The van der Waals surface area contributed by atoms with Crippen molar-refractivity contribution in [3.63, 3.8) is 0 Å². The van der Waals surface area contributed by atoms with E-state index < -0.39 is 5.97 Å². The number of ether oxygens (including phenoxy) is 1. The van der Waals surface area contributed by atoms with E-state index in [9.17, 15) is 4.79 Å². The van der Waals surface area contributed by atoms with Crippen molar-refractivity contribution < 1.29 is 19.1 Å². The Bertz CT molecular complexity index is 842. The molecule has 0 aliphatic carbocycles. The van der Waals surface area contributed by atoms with Gasteiger partial charge in [-0.2, -0.15) is 4.98 Å². The monoisotopic (exact) mass is 354 g/mol. The third kappa shape index (κ3) is 4.33. The van der Waals surface area contributed by atoms with Gasteiger partial charge in [-0.15, -0.1) is 0 Å². The van der Waals surface area contributed by atoms with Gasteiger partial charge in [-0.1, -0.05) is 18.2 Å². The number of carboxylic acids is 1. The average molecular weight is 354 g/mol. The summed E-state index contributed by atoms with van der Waals surface area (Å²) in [6, 6.07) is 14.9. The molecule has 26 heavy (non-hydrogen) atoms. The van der Waals surface area contributed by atoms with Crippen molar-refractivity contribution in [2.75, 3.05) is 24.6 Å². The number of fused-ring (bicyclic) bond motifs is 1. The van der Waals surface area contributed by atoms with Crippen LogP contribution in [-0.2, 0) is 0 Å². The van der Waals surface area contributed by atoms with Crippen LogP contribution in [0.15, 0.2) is 52.9 Å². The third-order valence-electron chi connectivity index (χ3n) is 4.11. The Morgan fingerprint density at radius 1 is 1.19 bits per heavy atom. The molecular weight excluding hydrogens is 332 g/mol. The highest BCUT2D eigenvalue weighted by molar-refractivity contribution is 5.88. The molecule has 3 rings (SSSR count). The summed E-state index contributed by atoms with van der Waals surface area (Å²) in [5.41, 5.74) is 1.89. The molecule has 0 unspecified atom stereocenters. The van der Waals surface area contributed by atoms with E-state index in [1.807, 2.05) is 24.3 Å². The van der Waals surface area contributed by atoms with Gasteiger partial charge < -0.3 is 19.2 Å². The van der Waals surface area contributed by atoms with E-state index in [2.05, 4.69) is 16.8 Å². The molecule has 3 aromatic rings. The molecular formula is C20H22N2O4. The van der Waals surface area contributed by atoms with E-state index in [4.69, 9.17) is 14.3 Å². The zero-order chi connectivity index (χ0) is 18.4. The zero-order valence-corrected chi connectivity index (χ0v) is 14.7. The van der Waals surface area contributed by atoms with E-state index in [-0.39, 0.29) is 5.56 Å². The Kier molecular flexibility index (Phi) is 5.73. The molecule has 0 saturated heterocycles. The van der Waals surface area contributed by atoms with Crippen LogP contribution in [0.5, 0.6) is 5.75 Å². The summed E-state index contributed by atoms with van der Waals surface area (Å²) in [5.74, 6) is -0.372. The van der Waals surface area contributed by atoms with Crippen LogP contribution in [0.4, 0.5) is 6.01 Å². The highest BCUT2D eigenvalue weighted by atomic mass is 16.5. The fraction of sp³-hybridized carbons (Fsp3) is 0.300. The minimum absolute atomic E-state index is 0.232. The molecule has 0 radical (unpaired) electrons. The van der Waals surface area contributed by atoms with Crippen LogP contribution in [-0.4, -0.2) is 35.8 Å². The van der Waals surface area contributed by atoms with Gasteiger partial charge in [-0.05, 0) is 50.1 Å². The number of unbranched alkanes of at least 4 members (excludes halogenated alkanes) is 1. The average Bonchev–Trinajstić information content (AvgIpc) is 3.08. The lowest BCUT2D eigenvalue weighted by atomic mass is 10.2. The van der Waals surface area contributed by atoms with E-state index >= 15 is 0 Å². The minimum atomic E-state index is -0.952. The summed E-state index contributed by atoms with van der Waals surface area (Å²) in [6.07, 6.45) is 1.78. The molecule has 0 atom stereocenters. The first-order valence-electron chi connectivity index (χ1n) is 8.74. The standard InChI is InChI=1S/C20H22N2O4/c1-2-22(20-21-17-10-3-4-11-18(17)26-20)12-5-6-13-25-16-9-7-8-15(14-16)19(23)24/h3-4,7-11,14H,2,5-6,12-13H2,1H3,(H,23,24). The normalized spacial score (nSPS) is 10.8. The quantitative estimate of drug-likeness (QED) is 0.580. The molecule has 0 bridgehead atoms. The minimum Gasteiger partial charge on any atom is -0.494 e. The maximum absolute atomic E-state index is 11.0. The second kappa shape index (κ2) is 8.38. The van der Waals surface area contributed by atoms with Crippen molar-refractivity contribution in [3.05, 3.63) is 54.1 Å². The third-order valence-corrected chi connectivity index (χ3v) is 4.11. The van der Waals surface area contributed by atoms with Crippen molar-refractivity contribution in [2.45, 2.75) is 19.8 Å². The number of aromatic carboxylic acids is 1. The lowest BCUT2D eigenvalue weighted by molar-refractivity contribution is 0.0696. The molecule has 0 amide bonds. The van der Waals surface area contributed by atoms with Crippen molar-refractivity contribution in [1.82, 2.24) is 4.98 Å². The Balaban J connectivity index is 1.47. The maximum atomic E-state index is 11.0. The smallest absolute Gasteiger partial charge is 0.335 e. The van der Waals surface area contributed by atoms with Gasteiger partial charge in [0.1, 0.15) is 11.3 Å². The number of carbonyl (C=O) groups is 1. The summed E-state index contributed by atoms with van der Waals surface area (Å²) in [6.45, 7) is 4.24. The molecule has 0 fully saturated rings. The van der Waals surface area contributed by atoms with Crippen LogP contribution < -0.4 is 9.64 Å². The van der Waals surface area contributed by atoms with Crippen LogP contribution in [0.25, 0.3) is 11.1 Å². The van der Waals surface area contributed by atoms with E-state index in [1.54, 1.807) is 24.3 Å². The van der Waals surface area contributed by atoms with Gasteiger partial charge in [0.05, 0.1) is 12.2 Å². The van der Waals surface area contributed by atoms with Gasteiger partial charge in [0.15, 0.2) is 5.58 Å². The lowest BCUT2D eigenvalue weighted by Gasteiger charge is -2.18. The molecule has 0 saturated carbocycles. The van der Waals surface area contributed by atoms with E-state index in [0.29, 0.717) is 18.4 Å². The molecule has 0 aliphatic heterocycles. The summed E-state index contributed by atoms with van der Waals surface area (Å²) in [5, 5.41) is 8.99. The molecule has 2 aromatic carbocycles. The molecule has 6 heteroatoms. The number of hydrogen-bond acceptors (Lipinski definition) is 5. The first-order valence-corrected chi connectivity index (χ1v) is 8.74. The molecule has 1 N–H and O–H groups in total. The number of benzene rings is 2. The molecule has 6 nitrogen and oxygen atoms in total. The van der Waals surface area contributed by atoms with Crippen LogP contribution in [0.1, 0.15) is 30.1 Å². The maximum Gasteiger partial charge on any atom is 0.335 e. The van der Waals surface area contributed by atoms with Gasteiger partial charge in [-0.25, -0.2) is 4.79 Å². The number of carboxylic acid groups (broad SMARTS) is 1. The first-order chi connectivity index (χ1) is 12.7. The van der Waals surface area contributed by atoms with E-state index in [1.165, 1.54) is 0 Å². The highest BCUT2D eigenvalue weighted by Crippen LogP contribution is 2.21. The van der Waals surface area contributed by atoms with Crippen molar-refractivity contribution >= 4 is 23.1 Å². The highest BCUT2D eigenvalue weighted by Gasteiger charge is 2.12. The van der Waals surface area contributed by atoms with Crippen LogP contribution in [0.2, 0.25) is 0 Å². The Morgan fingerprint density at radius 3 is 2.81 bits per heavy atom. The number of aromatic nitrogens is 1. The van der Waals surface area contributed by atoms with Crippen LogP contribution in [0.3, 0.4) is 0 Å². The van der Waals surface area contributed by atoms with Crippen LogP contribution >= 0.6 is 0 Å². The van der Waals surface area contributed by atoms with Gasteiger partial charge in [0, 0.05) is 13.1 Å². The second-order valence-corrected chi connectivity index (χ2v) is 5.93. The number of para-hydroxylation sites is 2. The Labute approximate surface area is 152 Å². The van der Waals surface area contributed by atoms with Crippen molar-refractivity contribution in [1.29, 1.82) is 0 Å². The topological polar surface area (TPSA) is 75.8 Å². The lowest BCUT2D eigenvalue weighted by Crippen LogP contribution is -2.24. The van der Waals surface area contributed by atoms with Crippen LogP contribution in [0, 0.1) is 0 Å². The van der Waals surface area contributed by atoms with Gasteiger partial charge in [-0.3, -0.25) is 0 Å². The fourth-order valence-corrected chi connectivity index (χ4v) is 2.70. The molecule has 1 aromatic heterocycles. The van der Waals surface area contributed by atoms with Gasteiger partial charge in [0.25, 0.3) is 6.01 Å². The SMILES string of the molecule is CCN(CCCCOc1cccc(C(=O)O)c1)c1nc2ccccc2o1. The van der Waals surface area contributed by atoms with Crippen molar-refractivity contribution in [3.8, 4) is 5.75 Å². The molecule has 0 aliphatic rings. The second-order valence-electron chi connectivity index (χ2n) is 5.93. The molecule has 1 heterocycles. The first kappa shape index (κ1) is 17.8. The summed E-state index contributed by atoms with van der Waals surface area (Å²) >= 11 is 0. The Morgan fingerprint density at radius 2 is 2.04 bits per heavy atom. The predicted molar refractivity (Wildman–Crippen MR) is 100 cm³/mol. The fourth-order valence-electron chi connectivity index (χ4n) is 2.70. The largest absolute Gasteiger partial charge is 0.494 e. The zero-order valence-electron chi connectivity index (χ0n) is 14.7. The number of hydrogen-bond donors (Lipinski definition) is 1. The number of anilines is 1. The Hall–Kier alpha value is -3.02. The number of rotatable bonds is 9. The van der Waals surface area contributed by atoms with Gasteiger partial charge in [0.2, 0.25) is 0 Å².